The molecular weight excluding hydrogens is 205 g/mol. The van der Waals surface area contributed by atoms with Crippen molar-refractivity contribution < 1.29 is 4.74 Å². The Hall–Kier alpha value is -1.36. The molecule has 0 saturated heterocycles. The van der Waals surface area contributed by atoms with Crippen LogP contribution in [0.1, 0.15) is 0 Å². The monoisotopic (exact) mass is 219 g/mol. The van der Waals surface area contributed by atoms with Gasteiger partial charge in [-0.05, 0) is 0 Å². The second-order valence-corrected chi connectivity index (χ2v) is 4.00. The number of anilines is 2. The summed E-state index contributed by atoms with van der Waals surface area (Å²) in [5.74, 6) is 0.922. The van der Waals surface area contributed by atoms with Crippen LogP contribution in [0, 0.1) is 0 Å². The third-order valence-corrected chi connectivity index (χ3v) is 2.98. The molecule has 0 bridgehead atoms. The molecule has 0 unspecified atom stereocenters. The Morgan fingerprint density at radius 2 is 1.71 bits per heavy atom. The van der Waals surface area contributed by atoms with Crippen LogP contribution < -0.4 is 13.9 Å². The fourth-order valence-electron chi connectivity index (χ4n) is 1.98. The number of hydrogen-bond donors (Lipinski definition) is 0. The first kappa shape index (κ1) is 12.1. The predicted molar refractivity (Wildman–Crippen MR) is 72.9 cm³/mol. The zero-order chi connectivity index (χ0) is 12.3. The summed E-state index contributed by atoms with van der Waals surface area (Å²) in [5.41, 5.74) is 2.33. The topological polar surface area (TPSA) is 12.5 Å². The zero-order valence-electron chi connectivity index (χ0n) is 10.5. The van der Waals surface area contributed by atoms with Crippen LogP contribution in [0.5, 0.6) is 5.75 Å². The van der Waals surface area contributed by atoms with Crippen molar-refractivity contribution >= 4 is 33.3 Å². The van der Waals surface area contributed by atoms with Crippen molar-refractivity contribution in [3.8, 4) is 5.75 Å². The molecule has 0 aliphatic rings. The Morgan fingerprint density at radius 3 is 2.35 bits per heavy atom. The van der Waals surface area contributed by atoms with Gasteiger partial charge in [-0.15, -0.1) is 0 Å². The molecule has 0 heterocycles. The van der Waals surface area contributed by atoms with Crippen LogP contribution in [0.4, 0.5) is 11.4 Å². The van der Waals surface area contributed by atoms with Gasteiger partial charge in [-0.2, -0.15) is 0 Å². The number of ether oxygens (including phenoxy) is 1. The number of hydrogen-bond acceptors (Lipinski definition) is 2. The summed E-state index contributed by atoms with van der Waals surface area (Å²) < 4.78 is 6.50. The second-order valence-electron chi connectivity index (χ2n) is 4.00. The van der Waals surface area contributed by atoms with Crippen molar-refractivity contribution in [2.45, 2.75) is 0 Å². The average Bonchev–Trinajstić information content (AvgIpc) is 2.39. The Bertz CT molecular complexity index is 499. The number of benzene rings is 2. The molecule has 0 amide bonds. The molecule has 17 heavy (non-hydrogen) atoms. The summed E-state index contributed by atoms with van der Waals surface area (Å²) in [4.78, 5) is 2.16. The summed E-state index contributed by atoms with van der Waals surface area (Å²) >= 11 is 2.08. The van der Waals surface area contributed by atoms with E-state index in [4.69, 9.17) is 4.74 Å². The predicted octanol–water partition coefficient (Wildman–Crippen LogP) is 2.26. The van der Waals surface area contributed by atoms with Crippen molar-refractivity contribution in [2.75, 3.05) is 19.1 Å². The second kappa shape index (κ2) is 5.31. The molecule has 2 aromatic rings. The van der Waals surface area contributed by atoms with E-state index in [1.165, 1.54) is 5.69 Å². The van der Waals surface area contributed by atoms with E-state index in [-0.39, 0.29) is 0 Å². The van der Waals surface area contributed by atoms with Crippen molar-refractivity contribution in [1.82, 2.24) is 0 Å². The van der Waals surface area contributed by atoms with Crippen LogP contribution in [-0.4, -0.2) is 31.9 Å². The van der Waals surface area contributed by atoms with Gasteiger partial charge in [0.2, 0.25) is 0 Å². The molecule has 2 aromatic carbocycles. The van der Waals surface area contributed by atoms with E-state index in [9.17, 15) is 0 Å². The Kier molecular flexibility index (Phi) is 3.78. The van der Waals surface area contributed by atoms with Gasteiger partial charge < -0.3 is 0 Å². The summed E-state index contributed by atoms with van der Waals surface area (Å²) in [6.07, 6.45) is 0. The average molecular weight is 219 g/mol. The third kappa shape index (κ3) is 2.49. The van der Waals surface area contributed by atoms with E-state index in [1.54, 1.807) is 7.11 Å². The molecule has 82 valence electrons. The minimum absolute atomic E-state index is 0.922. The fourth-order valence-corrected chi connectivity index (χ4v) is 1.98. The summed E-state index contributed by atoms with van der Waals surface area (Å²) in [7, 11) is 3.77. The first-order chi connectivity index (χ1) is 8.24. The first-order valence-corrected chi connectivity index (χ1v) is 5.66. The maximum absolute atomic E-state index is 5.34. The van der Waals surface area contributed by atoms with Gasteiger partial charge in [0.05, 0.1) is 0 Å². The van der Waals surface area contributed by atoms with E-state index in [2.05, 4.69) is 47.9 Å². The molecule has 0 N–H and O–H groups in total. The molecule has 0 fully saturated rings. The van der Waals surface area contributed by atoms with Crippen molar-refractivity contribution in [2.24, 2.45) is 0 Å². The van der Waals surface area contributed by atoms with Crippen LogP contribution in [0.15, 0.2) is 48.5 Å². The van der Waals surface area contributed by atoms with E-state index in [1.807, 2.05) is 30.3 Å². The summed E-state index contributed by atoms with van der Waals surface area (Å²) in [6.45, 7) is 0. The van der Waals surface area contributed by atoms with Gasteiger partial charge in [0.25, 0.3) is 0 Å². The molecule has 2 rings (SSSR count). The maximum atomic E-state index is 5.34. The van der Waals surface area contributed by atoms with E-state index < -0.39 is 0 Å². The molecule has 0 aliphatic heterocycles. The number of nitrogens with zero attached hydrogens (tertiary/aromatic N) is 1. The standard InChI is InChI=1S/C14H14NO.Li/c1-15(12-7-4-3-5-8-12)13-9-6-10-14(11-13)16-2;/h3-10H,1-2H3;. The number of methoxy groups -OCH3 is 1. The van der Waals surface area contributed by atoms with Gasteiger partial charge in [-0.3, -0.25) is 0 Å². The van der Waals surface area contributed by atoms with Crippen LogP contribution in [0.3, 0.4) is 0 Å². The van der Waals surface area contributed by atoms with Gasteiger partial charge in [0.1, 0.15) is 0 Å². The minimum atomic E-state index is 0.922. The van der Waals surface area contributed by atoms with Gasteiger partial charge >= 0.3 is 111 Å². The van der Waals surface area contributed by atoms with E-state index >= 15 is 0 Å². The van der Waals surface area contributed by atoms with Crippen LogP contribution >= 0.6 is 0 Å². The van der Waals surface area contributed by atoms with E-state index in [0.29, 0.717) is 0 Å². The Balaban J connectivity index is 2.41. The summed E-state index contributed by atoms with van der Waals surface area (Å²) in [5, 5.41) is 0. The van der Waals surface area contributed by atoms with Crippen molar-refractivity contribution in [1.29, 1.82) is 0 Å². The molecule has 0 aromatic heterocycles. The zero-order valence-corrected chi connectivity index (χ0v) is 10.5. The van der Waals surface area contributed by atoms with Gasteiger partial charge in [-0.1, -0.05) is 0 Å². The molecule has 0 spiro atoms. The fraction of sp³-hybridized carbons (Fsp3) is 0.143. The SMILES string of the molecule is [Li][c]1c(OC)cccc1N(C)c1ccccc1. The van der Waals surface area contributed by atoms with Crippen LogP contribution in [0.25, 0.3) is 0 Å². The molecule has 0 aliphatic carbocycles. The van der Waals surface area contributed by atoms with Crippen LogP contribution in [0.2, 0.25) is 0 Å². The Morgan fingerprint density at radius 1 is 1.00 bits per heavy atom. The molecule has 3 heteroatoms. The third-order valence-electron chi connectivity index (χ3n) is 2.98. The van der Waals surface area contributed by atoms with Crippen LogP contribution in [-0.2, 0) is 0 Å². The molecule has 2 nitrogen and oxygen atoms in total. The first-order valence-electron chi connectivity index (χ1n) is 5.66. The molecule has 0 saturated carbocycles. The molecule has 0 atom stereocenters. The normalized spacial score (nSPS) is 10.1. The van der Waals surface area contributed by atoms with Gasteiger partial charge in [-0.25, -0.2) is 0 Å². The molecule has 0 radical (unpaired) electrons. The Labute approximate surface area is 111 Å². The van der Waals surface area contributed by atoms with Crippen molar-refractivity contribution in [3.05, 3.63) is 48.5 Å². The number of rotatable bonds is 3. The summed E-state index contributed by atoms with van der Waals surface area (Å²) in [6, 6.07) is 16.4. The van der Waals surface area contributed by atoms with Gasteiger partial charge in [0, 0.05) is 0 Å². The van der Waals surface area contributed by atoms with Crippen molar-refractivity contribution in [3.63, 3.8) is 0 Å². The number of para-hydroxylation sites is 1. The van der Waals surface area contributed by atoms with Gasteiger partial charge in [0.15, 0.2) is 0 Å². The van der Waals surface area contributed by atoms with E-state index in [0.717, 1.165) is 15.7 Å². The molecular formula is C14H14LiNO. The quantitative estimate of drug-likeness (QED) is 0.734.